The molecule has 0 saturated carbocycles. The molecular formula is C20H24FN7O. The van der Waals surface area contributed by atoms with Gasteiger partial charge in [-0.15, -0.1) is 0 Å². The Bertz CT molecular complexity index is 1010. The second-order valence-corrected chi connectivity index (χ2v) is 6.90. The van der Waals surface area contributed by atoms with Crippen LogP contribution in [0, 0.1) is 12.7 Å². The van der Waals surface area contributed by atoms with Crippen molar-refractivity contribution >= 4 is 17.5 Å². The number of halogens is 1. The van der Waals surface area contributed by atoms with Gasteiger partial charge < -0.3 is 20.7 Å². The van der Waals surface area contributed by atoms with Gasteiger partial charge >= 0.3 is 0 Å². The molecule has 0 unspecified atom stereocenters. The molecule has 1 aliphatic rings. The second-order valence-electron chi connectivity index (χ2n) is 6.90. The standard InChI is InChI=1S/C20H24FN7O/c1-12-9-17(22-2)26-20(24-12)25-15-6-7-16(29-3)19(18(15)21)28-11-13-10-23-8-4-5-14(13)27-28/h6-7,9,11,23H,4-5,8,10H2,1-3H3,(H2,22,24,25,26). The number of hydrogen-bond acceptors (Lipinski definition) is 7. The van der Waals surface area contributed by atoms with Crippen LogP contribution in [0.5, 0.6) is 5.75 Å². The van der Waals surface area contributed by atoms with Crippen LogP contribution in [-0.2, 0) is 13.0 Å². The molecule has 1 aliphatic heterocycles. The Balaban J connectivity index is 1.74. The van der Waals surface area contributed by atoms with Crippen molar-refractivity contribution in [3.05, 3.63) is 47.2 Å². The lowest BCUT2D eigenvalue weighted by molar-refractivity contribution is 0.407. The van der Waals surface area contributed by atoms with E-state index in [1.54, 1.807) is 23.9 Å². The smallest absolute Gasteiger partial charge is 0.229 e. The first-order valence-corrected chi connectivity index (χ1v) is 9.54. The van der Waals surface area contributed by atoms with Gasteiger partial charge in [0.1, 0.15) is 17.3 Å². The summed E-state index contributed by atoms with van der Waals surface area (Å²) >= 11 is 0. The van der Waals surface area contributed by atoms with E-state index in [4.69, 9.17) is 4.74 Å². The Hall–Kier alpha value is -3.20. The zero-order valence-corrected chi connectivity index (χ0v) is 16.7. The summed E-state index contributed by atoms with van der Waals surface area (Å²) in [5.41, 5.74) is 3.33. The second kappa shape index (κ2) is 8.04. The lowest BCUT2D eigenvalue weighted by Gasteiger charge is -2.14. The highest BCUT2D eigenvalue weighted by Gasteiger charge is 2.21. The summed E-state index contributed by atoms with van der Waals surface area (Å²) in [6.07, 6.45) is 3.73. The highest BCUT2D eigenvalue weighted by Crippen LogP contribution is 2.32. The Morgan fingerprint density at radius 3 is 2.93 bits per heavy atom. The first-order valence-electron chi connectivity index (χ1n) is 9.54. The Kier molecular flexibility index (Phi) is 5.30. The van der Waals surface area contributed by atoms with E-state index in [1.165, 1.54) is 7.11 Å². The van der Waals surface area contributed by atoms with Crippen LogP contribution < -0.4 is 20.7 Å². The Labute approximate surface area is 168 Å². The molecule has 0 amide bonds. The fourth-order valence-corrected chi connectivity index (χ4v) is 3.42. The van der Waals surface area contributed by atoms with Crippen molar-refractivity contribution < 1.29 is 9.13 Å². The van der Waals surface area contributed by atoms with Crippen LogP contribution in [0.25, 0.3) is 5.69 Å². The van der Waals surface area contributed by atoms with E-state index < -0.39 is 5.82 Å². The van der Waals surface area contributed by atoms with Gasteiger partial charge in [-0.3, -0.25) is 0 Å². The molecule has 0 spiro atoms. The van der Waals surface area contributed by atoms with E-state index in [-0.39, 0.29) is 11.4 Å². The molecule has 3 heterocycles. The van der Waals surface area contributed by atoms with E-state index >= 15 is 4.39 Å². The average molecular weight is 397 g/mol. The Morgan fingerprint density at radius 1 is 1.28 bits per heavy atom. The molecule has 0 atom stereocenters. The number of ether oxygens (including phenoxy) is 1. The summed E-state index contributed by atoms with van der Waals surface area (Å²) in [7, 11) is 3.29. The molecule has 0 aliphatic carbocycles. The normalized spacial score (nSPS) is 13.5. The quantitative estimate of drug-likeness (QED) is 0.610. The highest BCUT2D eigenvalue weighted by atomic mass is 19.1. The predicted octanol–water partition coefficient (Wildman–Crippen LogP) is 2.94. The van der Waals surface area contributed by atoms with Gasteiger partial charge in [-0.1, -0.05) is 0 Å². The van der Waals surface area contributed by atoms with Crippen molar-refractivity contribution in [1.29, 1.82) is 0 Å². The predicted molar refractivity (Wildman–Crippen MR) is 110 cm³/mol. The maximum absolute atomic E-state index is 15.5. The van der Waals surface area contributed by atoms with Gasteiger partial charge in [-0.25, -0.2) is 14.1 Å². The molecule has 2 aromatic heterocycles. The van der Waals surface area contributed by atoms with Gasteiger partial charge in [-0.05, 0) is 38.4 Å². The van der Waals surface area contributed by atoms with Crippen molar-refractivity contribution in [2.75, 3.05) is 31.3 Å². The van der Waals surface area contributed by atoms with Crippen LogP contribution in [-0.4, -0.2) is 40.5 Å². The largest absolute Gasteiger partial charge is 0.494 e. The van der Waals surface area contributed by atoms with E-state index in [9.17, 15) is 0 Å². The number of fused-ring (bicyclic) bond motifs is 1. The summed E-state index contributed by atoms with van der Waals surface area (Å²) in [5, 5.41) is 13.9. The number of hydrogen-bond donors (Lipinski definition) is 3. The van der Waals surface area contributed by atoms with Crippen LogP contribution in [0.2, 0.25) is 0 Å². The minimum atomic E-state index is -0.480. The maximum Gasteiger partial charge on any atom is 0.229 e. The number of benzene rings is 1. The number of nitrogens with one attached hydrogen (secondary N) is 3. The molecule has 3 N–H and O–H groups in total. The molecule has 3 aromatic rings. The number of aromatic nitrogens is 4. The van der Waals surface area contributed by atoms with Crippen molar-refractivity contribution in [2.24, 2.45) is 0 Å². The fourth-order valence-electron chi connectivity index (χ4n) is 3.42. The summed E-state index contributed by atoms with van der Waals surface area (Å²) in [4.78, 5) is 8.67. The summed E-state index contributed by atoms with van der Waals surface area (Å²) < 4.78 is 22.5. The van der Waals surface area contributed by atoms with Crippen LogP contribution in [0.4, 0.5) is 21.8 Å². The third-order valence-electron chi connectivity index (χ3n) is 4.84. The summed E-state index contributed by atoms with van der Waals surface area (Å²) in [5.74, 6) is 0.882. The summed E-state index contributed by atoms with van der Waals surface area (Å²) in [6, 6.07) is 5.13. The number of nitrogens with zero attached hydrogens (tertiary/aromatic N) is 4. The highest BCUT2D eigenvalue weighted by molar-refractivity contribution is 5.64. The first kappa shape index (κ1) is 19.1. The van der Waals surface area contributed by atoms with E-state index in [2.05, 4.69) is 31.0 Å². The van der Waals surface area contributed by atoms with Gasteiger partial charge in [0.05, 0.1) is 18.5 Å². The average Bonchev–Trinajstić information content (AvgIpc) is 2.98. The zero-order valence-electron chi connectivity index (χ0n) is 16.7. The molecule has 0 radical (unpaired) electrons. The van der Waals surface area contributed by atoms with Crippen LogP contribution >= 0.6 is 0 Å². The van der Waals surface area contributed by atoms with E-state index in [0.29, 0.717) is 17.5 Å². The molecule has 1 aromatic carbocycles. The lowest BCUT2D eigenvalue weighted by atomic mass is 10.2. The van der Waals surface area contributed by atoms with Gasteiger partial charge in [0.2, 0.25) is 5.95 Å². The zero-order chi connectivity index (χ0) is 20.4. The van der Waals surface area contributed by atoms with Crippen molar-refractivity contribution in [2.45, 2.75) is 26.3 Å². The molecule has 9 heteroatoms. The molecule has 0 bridgehead atoms. The van der Waals surface area contributed by atoms with Gasteiger partial charge in [0.25, 0.3) is 0 Å². The van der Waals surface area contributed by atoms with Gasteiger partial charge in [0.15, 0.2) is 5.82 Å². The first-order chi connectivity index (χ1) is 14.1. The molecule has 8 nitrogen and oxygen atoms in total. The number of anilines is 3. The fraction of sp³-hybridized carbons (Fsp3) is 0.350. The number of methoxy groups -OCH3 is 1. The molecular weight excluding hydrogens is 373 g/mol. The molecule has 4 rings (SSSR count). The molecule has 152 valence electrons. The van der Waals surface area contributed by atoms with Crippen molar-refractivity contribution in [3.8, 4) is 11.4 Å². The van der Waals surface area contributed by atoms with Crippen LogP contribution in [0.3, 0.4) is 0 Å². The van der Waals surface area contributed by atoms with Crippen molar-refractivity contribution in [3.63, 3.8) is 0 Å². The van der Waals surface area contributed by atoms with Crippen LogP contribution in [0.15, 0.2) is 24.4 Å². The number of aryl methyl sites for hydroxylation is 2. The number of rotatable bonds is 5. The Morgan fingerprint density at radius 2 is 2.14 bits per heavy atom. The maximum atomic E-state index is 15.5. The molecule has 0 saturated heterocycles. The van der Waals surface area contributed by atoms with E-state index in [1.807, 2.05) is 19.2 Å². The molecule has 29 heavy (non-hydrogen) atoms. The monoisotopic (exact) mass is 397 g/mol. The van der Waals surface area contributed by atoms with Crippen molar-refractivity contribution in [1.82, 2.24) is 25.1 Å². The minimum Gasteiger partial charge on any atom is -0.494 e. The molecule has 0 fully saturated rings. The van der Waals surface area contributed by atoms with Crippen LogP contribution in [0.1, 0.15) is 23.4 Å². The summed E-state index contributed by atoms with van der Waals surface area (Å²) in [6.45, 7) is 3.54. The lowest BCUT2D eigenvalue weighted by Crippen LogP contribution is -2.12. The topological polar surface area (TPSA) is 88.9 Å². The third-order valence-corrected chi connectivity index (χ3v) is 4.84. The minimum absolute atomic E-state index is 0.247. The third kappa shape index (κ3) is 3.86. The SMILES string of the molecule is CNc1cc(C)nc(Nc2ccc(OC)c(-n3cc4c(n3)CCCNC4)c2F)n1. The van der Waals surface area contributed by atoms with Gasteiger partial charge in [-0.2, -0.15) is 10.1 Å². The van der Waals surface area contributed by atoms with E-state index in [0.717, 1.165) is 42.9 Å². The van der Waals surface area contributed by atoms with Gasteiger partial charge in [0, 0.05) is 37.1 Å².